The summed E-state index contributed by atoms with van der Waals surface area (Å²) in [4.78, 5) is 12.0. The lowest BCUT2D eigenvalue weighted by molar-refractivity contribution is -0.117. The van der Waals surface area contributed by atoms with E-state index in [-0.39, 0.29) is 12.5 Å². The molecule has 1 aromatic carbocycles. The number of carbonyl (C=O) groups is 1. The van der Waals surface area contributed by atoms with Crippen LogP contribution < -0.4 is 5.32 Å². The van der Waals surface area contributed by atoms with Gasteiger partial charge in [0.25, 0.3) is 0 Å². The third-order valence-corrected chi connectivity index (χ3v) is 4.50. The normalized spacial score (nSPS) is 15.1. The Hall–Kier alpha value is -1.44. The highest BCUT2D eigenvalue weighted by Gasteiger charge is 2.17. The first-order valence-electron chi connectivity index (χ1n) is 7.35. The third kappa shape index (κ3) is 5.82. The first kappa shape index (κ1) is 15.9. The molecule has 1 saturated heterocycles. The van der Waals surface area contributed by atoms with Crippen LogP contribution in [0.25, 0.3) is 0 Å². The van der Waals surface area contributed by atoms with E-state index in [1.807, 2.05) is 36.0 Å². The Kier molecular flexibility index (Phi) is 6.65. The van der Waals surface area contributed by atoms with Gasteiger partial charge in [-0.15, -0.1) is 0 Å². The summed E-state index contributed by atoms with van der Waals surface area (Å²) in [5, 5.41) is 11.6. The van der Waals surface area contributed by atoms with E-state index in [9.17, 15) is 4.79 Å². The number of hydrogen-bond acceptors (Lipinski definition) is 3. The molecule has 1 aliphatic rings. The molecule has 1 fully saturated rings. The van der Waals surface area contributed by atoms with Gasteiger partial charge < -0.3 is 10.4 Å². The van der Waals surface area contributed by atoms with E-state index in [0.717, 1.165) is 24.1 Å². The van der Waals surface area contributed by atoms with Crippen molar-refractivity contribution in [1.82, 2.24) is 0 Å². The van der Waals surface area contributed by atoms with E-state index in [0.29, 0.717) is 18.8 Å². The SMILES string of the molecule is O=C(CC1CCSCC1)Nc1ccc(C#CCCO)cc1. The topological polar surface area (TPSA) is 49.3 Å². The average Bonchev–Trinajstić information content (AvgIpc) is 2.50. The van der Waals surface area contributed by atoms with Gasteiger partial charge in [0.1, 0.15) is 0 Å². The van der Waals surface area contributed by atoms with Crippen molar-refractivity contribution in [1.29, 1.82) is 0 Å². The maximum Gasteiger partial charge on any atom is 0.224 e. The molecule has 1 amide bonds. The fourth-order valence-electron chi connectivity index (χ4n) is 2.28. The van der Waals surface area contributed by atoms with Gasteiger partial charge in [0.2, 0.25) is 5.91 Å². The summed E-state index contributed by atoms with van der Waals surface area (Å²) < 4.78 is 0. The quantitative estimate of drug-likeness (QED) is 0.841. The first-order chi connectivity index (χ1) is 10.3. The molecule has 0 saturated carbocycles. The number of carbonyl (C=O) groups excluding carboxylic acids is 1. The molecular formula is C17H21NO2S. The number of amides is 1. The van der Waals surface area contributed by atoms with Gasteiger partial charge >= 0.3 is 0 Å². The minimum atomic E-state index is 0.0841. The van der Waals surface area contributed by atoms with E-state index in [2.05, 4.69) is 17.2 Å². The number of hydrogen-bond donors (Lipinski definition) is 2. The Morgan fingerprint density at radius 2 is 2.00 bits per heavy atom. The highest BCUT2D eigenvalue weighted by atomic mass is 32.2. The number of anilines is 1. The summed E-state index contributed by atoms with van der Waals surface area (Å²) in [5.74, 6) is 8.84. The van der Waals surface area contributed by atoms with Crippen molar-refractivity contribution in [2.24, 2.45) is 5.92 Å². The van der Waals surface area contributed by atoms with Crippen LogP contribution in [0.1, 0.15) is 31.2 Å². The molecule has 1 aromatic rings. The second-order valence-electron chi connectivity index (χ2n) is 5.16. The molecule has 4 heteroatoms. The van der Waals surface area contributed by atoms with Gasteiger partial charge in [0.05, 0.1) is 6.61 Å². The first-order valence-corrected chi connectivity index (χ1v) is 8.51. The van der Waals surface area contributed by atoms with E-state index in [4.69, 9.17) is 5.11 Å². The Morgan fingerprint density at radius 3 is 2.67 bits per heavy atom. The van der Waals surface area contributed by atoms with Crippen LogP contribution in [0.15, 0.2) is 24.3 Å². The fourth-order valence-corrected chi connectivity index (χ4v) is 3.49. The molecule has 2 N–H and O–H groups in total. The molecule has 21 heavy (non-hydrogen) atoms. The van der Waals surface area contributed by atoms with E-state index in [1.165, 1.54) is 11.5 Å². The zero-order valence-corrected chi connectivity index (χ0v) is 12.9. The predicted octanol–water partition coefficient (Wildman–Crippen LogP) is 2.89. The maximum atomic E-state index is 12.0. The summed E-state index contributed by atoms with van der Waals surface area (Å²) >= 11 is 1.98. The number of rotatable bonds is 4. The van der Waals surface area contributed by atoms with Crippen LogP contribution in [-0.2, 0) is 4.79 Å². The second-order valence-corrected chi connectivity index (χ2v) is 6.39. The smallest absolute Gasteiger partial charge is 0.224 e. The van der Waals surface area contributed by atoms with Gasteiger partial charge in [0.15, 0.2) is 0 Å². The second kappa shape index (κ2) is 8.76. The van der Waals surface area contributed by atoms with Crippen LogP contribution >= 0.6 is 11.8 Å². The van der Waals surface area contributed by atoms with Gasteiger partial charge in [-0.2, -0.15) is 11.8 Å². The zero-order chi connectivity index (χ0) is 14.9. The Bertz CT molecular complexity index is 510. The summed E-state index contributed by atoms with van der Waals surface area (Å²) in [6.07, 6.45) is 3.41. The molecule has 3 nitrogen and oxygen atoms in total. The van der Waals surface area contributed by atoms with Crippen molar-refractivity contribution in [3.63, 3.8) is 0 Å². The van der Waals surface area contributed by atoms with Gasteiger partial charge in [0, 0.05) is 24.1 Å². The van der Waals surface area contributed by atoms with Gasteiger partial charge in [-0.3, -0.25) is 4.79 Å². The van der Waals surface area contributed by atoms with Crippen LogP contribution in [0.2, 0.25) is 0 Å². The Morgan fingerprint density at radius 1 is 1.29 bits per heavy atom. The van der Waals surface area contributed by atoms with Crippen LogP contribution in [0.4, 0.5) is 5.69 Å². The van der Waals surface area contributed by atoms with Crippen molar-refractivity contribution < 1.29 is 9.90 Å². The van der Waals surface area contributed by atoms with E-state index >= 15 is 0 Å². The summed E-state index contributed by atoms with van der Waals surface area (Å²) in [6, 6.07) is 7.52. The van der Waals surface area contributed by atoms with Crippen molar-refractivity contribution in [3.05, 3.63) is 29.8 Å². The molecule has 1 heterocycles. The summed E-state index contributed by atoms with van der Waals surface area (Å²) in [5.41, 5.74) is 1.71. The Labute approximate surface area is 130 Å². The molecule has 2 rings (SSSR count). The van der Waals surface area contributed by atoms with Crippen molar-refractivity contribution in [3.8, 4) is 11.8 Å². The van der Waals surface area contributed by atoms with Gasteiger partial charge in [-0.1, -0.05) is 11.8 Å². The lowest BCUT2D eigenvalue weighted by atomic mass is 9.98. The lowest BCUT2D eigenvalue weighted by Gasteiger charge is -2.20. The van der Waals surface area contributed by atoms with Crippen LogP contribution in [0.3, 0.4) is 0 Å². The Balaban J connectivity index is 1.82. The number of nitrogens with one attached hydrogen (secondary N) is 1. The fraction of sp³-hybridized carbons (Fsp3) is 0.471. The molecule has 1 aliphatic heterocycles. The number of aliphatic hydroxyl groups is 1. The zero-order valence-electron chi connectivity index (χ0n) is 12.1. The van der Waals surface area contributed by atoms with Crippen molar-refractivity contribution >= 4 is 23.4 Å². The summed E-state index contributed by atoms with van der Waals surface area (Å²) in [7, 11) is 0. The maximum absolute atomic E-state index is 12.0. The minimum Gasteiger partial charge on any atom is -0.395 e. The van der Waals surface area contributed by atoms with E-state index in [1.54, 1.807) is 0 Å². The molecule has 0 spiro atoms. The van der Waals surface area contributed by atoms with Gasteiger partial charge in [-0.25, -0.2) is 0 Å². The molecule has 0 atom stereocenters. The molecule has 0 radical (unpaired) electrons. The number of aliphatic hydroxyl groups excluding tert-OH is 1. The standard InChI is InChI=1S/C17H21NO2S/c19-10-2-1-3-14-4-6-16(7-5-14)18-17(20)13-15-8-11-21-12-9-15/h4-7,15,19H,2,8-13H2,(H,18,20). The number of thioether (sulfide) groups is 1. The van der Waals surface area contributed by atoms with E-state index < -0.39 is 0 Å². The molecule has 0 aliphatic carbocycles. The molecule has 0 aromatic heterocycles. The van der Waals surface area contributed by atoms with Crippen LogP contribution in [0.5, 0.6) is 0 Å². The van der Waals surface area contributed by atoms with Gasteiger partial charge in [-0.05, 0) is 54.5 Å². The highest BCUT2D eigenvalue weighted by Crippen LogP contribution is 2.25. The van der Waals surface area contributed by atoms with Crippen molar-refractivity contribution in [2.75, 3.05) is 23.4 Å². The number of benzene rings is 1. The lowest BCUT2D eigenvalue weighted by Crippen LogP contribution is -2.19. The largest absolute Gasteiger partial charge is 0.395 e. The molecule has 0 unspecified atom stereocenters. The molecule has 112 valence electrons. The van der Waals surface area contributed by atoms with Crippen LogP contribution in [0, 0.1) is 17.8 Å². The molecule has 0 bridgehead atoms. The minimum absolute atomic E-state index is 0.0841. The van der Waals surface area contributed by atoms with Crippen LogP contribution in [-0.4, -0.2) is 29.1 Å². The third-order valence-electron chi connectivity index (χ3n) is 3.45. The monoisotopic (exact) mass is 303 g/mol. The van der Waals surface area contributed by atoms with Crippen molar-refractivity contribution in [2.45, 2.75) is 25.7 Å². The molecular weight excluding hydrogens is 282 g/mol. The predicted molar refractivity (Wildman–Crippen MR) is 88.3 cm³/mol. The summed E-state index contributed by atoms with van der Waals surface area (Å²) in [6.45, 7) is 0.0841. The average molecular weight is 303 g/mol. The highest BCUT2D eigenvalue weighted by molar-refractivity contribution is 7.99.